The second-order valence-corrected chi connectivity index (χ2v) is 7.59. The van der Waals surface area contributed by atoms with Crippen LogP contribution >= 0.6 is 11.3 Å². The SMILES string of the molecule is Cc1nc(C(c2ccccc2)c2ccc(C#N)cc2)c(-c2ccccc2)s1. The molecule has 3 aromatic carbocycles. The van der Waals surface area contributed by atoms with Crippen molar-refractivity contribution in [2.75, 3.05) is 0 Å². The molecular weight excluding hydrogens is 348 g/mol. The highest BCUT2D eigenvalue weighted by Gasteiger charge is 2.24. The molecule has 0 fully saturated rings. The summed E-state index contributed by atoms with van der Waals surface area (Å²) >= 11 is 1.73. The number of hydrogen-bond donors (Lipinski definition) is 0. The van der Waals surface area contributed by atoms with Crippen molar-refractivity contribution >= 4 is 11.3 Å². The van der Waals surface area contributed by atoms with E-state index in [2.05, 4.69) is 61.5 Å². The number of nitriles is 1. The molecule has 4 aromatic rings. The van der Waals surface area contributed by atoms with E-state index in [1.807, 2.05) is 36.4 Å². The van der Waals surface area contributed by atoms with E-state index in [1.54, 1.807) is 11.3 Å². The van der Waals surface area contributed by atoms with Gasteiger partial charge in [0.15, 0.2) is 0 Å². The Labute approximate surface area is 163 Å². The lowest BCUT2D eigenvalue weighted by Gasteiger charge is -2.18. The summed E-state index contributed by atoms with van der Waals surface area (Å²) in [6, 6.07) is 30.9. The predicted octanol–water partition coefficient (Wildman–Crippen LogP) is 6.17. The van der Waals surface area contributed by atoms with Gasteiger partial charge in [-0.2, -0.15) is 5.26 Å². The molecule has 1 heterocycles. The van der Waals surface area contributed by atoms with Gasteiger partial charge >= 0.3 is 0 Å². The minimum atomic E-state index is 0.0269. The molecule has 0 aliphatic rings. The van der Waals surface area contributed by atoms with Gasteiger partial charge in [0.25, 0.3) is 0 Å². The van der Waals surface area contributed by atoms with E-state index in [0.29, 0.717) is 5.56 Å². The Balaban J connectivity index is 1.91. The van der Waals surface area contributed by atoms with Crippen LogP contribution in [0.5, 0.6) is 0 Å². The molecule has 0 saturated carbocycles. The average Bonchev–Trinajstić information content (AvgIpc) is 3.11. The third-order valence-corrected chi connectivity index (χ3v) is 5.61. The van der Waals surface area contributed by atoms with Gasteiger partial charge in [-0.1, -0.05) is 72.8 Å². The molecular formula is C24H18N2S. The van der Waals surface area contributed by atoms with Crippen molar-refractivity contribution in [3.05, 3.63) is 112 Å². The lowest BCUT2D eigenvalue weighted by molar-refractivity contribution is 0.927. The Bertz CT molecular complexity index is 1070. The maximum atomic E-state index is 9.14. The summed E-state index contributed by atoms with van der Waals surface area (Å²) in [5.74, 6) is 0.0269. The second kappa shape index (κ2) is 7.57. The minimum absolute atomic E-state index is 0.0269. The van der Waals surface area contributed by atoms with E-state index in [1.165, 1.54) is 16.0 Å². The van der Waals surface area contributed by atoms with Gasteiger partial charge in [0.2, 0.25) is 0 Å². The Kier molecular flexibility index (Phi) is 4.82. The summed E-state index contributed by atoms with van der Waals surface area (Å²) in [6.07, 6.45) is 0. The number of thiazole rings is 1. The van der Waals surface area contributed by atoms with Gasteiger partial charge in [-0.3, -0.25) is 0 Å². The van der Waals surface area contributed by atoms with Gasteiger partial charge in [-0.05, 0) is 35.7 Å². The highest BCUT2D eigenvalue weighted by Crippen LogP contribution is 2.40. The lowest BCUT2D eigenvalue weighted by Crippen LogP contribution is -2.05. The summed E-state index contributed by atoms with van der Waals surface area (Å²) in [7, 11) is 0. The molecule has 0 N–H and O–H groups in total. The fraction of sp³-hybridized carbons (Fsp3) is 0.0833. The fourth-order valence-electron chi connectivity index (χ4n) is 3.34. The molecule has 1 aromatic heterocycles. The average molecular weight is 366 g/mol. The van der Waals surface area contributed by atoms with Gasteiger partial charge in [0.05, 0.1) is 33.1 Å². The van der Waals surface area contributed by atoms with Crippen LogP contribution in [0.3, 0.4) is 0 Å². The normalized spacial score (nSPS) is 11.7. The van der Waals surface area contributed by atoms with Gasteiger partial charge in [0, 0.05) is 0 Å². The topological polar surface area (TPSA) is 36.7 Å². The molecule has 2 nitrogen and oxygen atoms in total. The first-order valence-electron chi connectivity index (χ1n) is 8.84. The Morgan fingerprint density at radius 2 is 1.41 bits per heavy atom. The van der Waals surface area contributed by atoms with Crippen molar-refractivity contribution in [1.29, 1.82) is 5.26 Å². The second-order valence-electron chi connectivity index (χ2n) is 6.39. The highest BCUT2D eigenvalue weighted by atomic mass is 32.1. The summed E-state index contributed by atoms with van der Waals surface area (Å²) in [6.45, 7) is 2.06. The van der Waals surface area contributed by atoms with Crippen LogP contribution in [0.25, 0.3) is 10.4 Å². The Morgan fingerprint density at radius 1 is 0.815 bits per heavy atom. The molecule has 1 atom stereocenters. The third kappa shape index (κ3) is 3.53. The van der Waals surface area contributed by atoms with Crippen LogP contribution in [-0.4, -0.2) is 4.98 Å². The number of rotatable bonds is 4. The van der Waals surface area contributed by atoms with Gasteiger partial charge < -0.3 is 0 Å². The molecule has 0 aliphatic carbocycles. The summed E-state index contributed by atoms with van der Waals surface area (Å²) in [5.41, 5.74) is 5.27. The van der Waals surface area contributed by atoms with Crippen LogP contribution in [0, 0.1) is 18.3 Å². The molecule has 27 heavy (non-hydrogen) atoms. The van der Waals surface area contributed by atoms with Crippen LogP contribution in [0.1, 0.15) is 33.3 Å². The molecule has 1 unspecified atom stereocenters. The van der Waals surface area contributed by atoms with Crippen molar-refractivity contribution in [2.45, 2.75) is 12.8 Å². The van der Waals surface area contributed by atoms with Crippen LogP contribution in [-0.2, 0) is 0 Å². The molecule has 4 rings (SSSR count). The zero-order chi connectivity index (χ0) is 18.6. The molecule has 0 aliphatic heterocycles. The van der Waals surface area contributed by atoms with Crippen molar-refractivity contribution in [2.24, 2.45) is 0 Å². The summed E-state index contributed by atoms with van der Waals surface area (Å²) < 4.78 is 0. The molecule has 0 saturated heterocycles. The monoisotopic (exact) mass is 366 g/mol. The summed E-state index contributed by atoms with van der Waals surface area (Å²) in [4.78, 5) is 6.14. The van der Waals surface area contributed by atoms with E-state index in [0.717, 1.165) is 16.3 Å². The van der Waals surface area contributed by atoms with Crippen LogP contribution in [0.4, 0.5) is 0 Å². The molecule has 0 radical (unpaired) electrons. The number of benzene rings is 3. The molecule has 130 valence electrons. The van der Waals surface area contributed by atoms with Crippen molar-refractivity contribution in [3.63, 3.8) is 0 Å². The van der Waals surface area contributed by atoms with E-state index < -0.39 is 0 Å². The first-order valence-corrected chi connectivity index (χ1v) is 9.65. The quantitative estimate of drug-likeness (QED) is 0.433. The molecule has 0 amide bonds. The zero-order valence-corrected chi connectivity index (χ0v) is 15.8. The van der Waals surface area contributed by atoms with Crippen molar-refractivity contribution in [1.82, 2.24) is 4.98 Å². The highest BCUT2D eigenvalue weighted by molar-refractivity contribution is 7.15. The maximum Gasteiger partial charge on any atom is 0.0991 e. The van der Waals surface area contributed by atoms with E-state index in [9.17, 15) is 0 Å². The number of nitrogens with zero attached hydrogens (tertiary/aromatic N) is 2. The number of hydrogen-bond acceptors (Lipinski definition) is 3. The standard InChI is InChI=1S/C24H18N2S/c1-17-26-23(24(27-17)21-10-6-3-7-11-21)22(19-8-4-2-5-9-19)20-14-12-18(16-25)13-15-20/h2-15,22H,1H3. The van der Waals surface area contributed by atoms with Crippen molar-refractivity contribution < 1.29 is 0 Å². The van der Waals surface area contributed by atoms with Crippen LogP contribution < -0.4 is 0 Å². The number of aryl methyl sites for hydroxylation is 1. The minimum Gasteiger partial charge on any atom is -0.245 e. The van der Waals surface area contributed by atoms with Crippen molar-refractivity contribution in [3.8, 4) is 16.5 Å². The van der Waals surface area contributed by atoms with Gasteiger partial charge in [-0.25, -0.2) is 4.98 Å². The smallest absolute Gasteiger partial charge is 0.0991 e. The Hall–Kier alpha value is -3.22. The maximum absolute atomic E-state index is 9.14. The van der Waals surface area contributed by atoms with Gasteiger partial charge in [-0.15, -0.1) is 11.3 Å². The van der Waals surface area contributed by atoms with Crippen LogP contribution in [0.15, 0.2) is 84.9 Å². The molecule has 0 spiro atoms. The lowest BCUT2D eigenvalue weighted by atomic mass is 9.86. The fourth-order valence-corrected chi connectivity index (χ4v) is 4.30. The molecule has 3 heteroatoms. The third-order valence-electron chi connectivity index (χ3n) is 4.58. The van der Waals surface area contributed by atoms with Gasteiger partial charge in [0.1, 0.15) is 0 Å². The van der Waals surface area contributed by atoms with Crippen LogP contribution in [0.2, 0.25) is 0 Å². The number of aromatic nitrogens is 1. The summed E-state index contributed by atoms with van der Waals surface area (Å²) in [5, 5.41) is 10.2. The largest absolute Gasteiger partial charge is 0.245 e. The van der Waals surface area contributed by atoms with E-state index in [-0.39, 0.29) is 5.92 Å². The van der Waals surface area contributed by atoms with E-state index >= 15 is 0 Å². The Morgan fingerprint density at radius 3 is 2.04 bits per heavy atom. The predicted molar refractivity (Wildman–Crippen MR) is 111 cm³/mol. The molecule has 0 bridgehead atoms. The zero-order valence-electron chi connectivity index (χ0n) is 15.0. The first-order chi connectivity index (χ1) is 13.3. The van der Waals surface area contributed by atoms with E-state index in [4.69, 9.17) is 10.2 Å². The first kappa shape index (κ1) is 17.2.